The molecule has 2 aromatic rings. The number of hydrogen-bond acceptors (Lipinski definition) is 5. The van der Waals surface area contributed by atoms with Gasteiger partial charge in [0.25, 0.3) is 0 Å². The molecule has 1 unspecified atom stereocenters. The van der Waals surface area contributed by atoms with Gasteiger partial charge in [-0.25, -0.2) is 0 Å². The number of thiol groups is 1. The van der Waals surface area contributed by atoms with Crippen molar-refractivity contribution in [3.63, 3.8) is 0 Å². The second kappa shape index (κ2) is 8.50. The zero-order valence-corrected chi connectivity index (χ0v) is 13.9. The number of anilines is 1. The predicted octanol–water partition coefficient (Wildman–Crippen LogP) is 3.32. The number of carbonyl (C=O) groups excluding carboxylic acids is 1. The quantitative estimate of drug-likeness (QED) is 0.465. The highest BCUT2D eigenvalue weighted by atomic mass is 32.1. The van der Waals surface area contributed by atoms with Gasteiger partial charge in [0.2, 0.25) is 0 Å². The van der Waals surface area contributed by atoms with Gasteiger partial charge in [-0.05, 0) is 23.3 Å². The lowest BCUT2D eigenvalue weighted by Gasteiger charge is -2.13. The lowest BCUT2D eigenvalue weighted by molar-refractivity contribution is -0.128. The molecule has 0 aliphatic heterocycles. The van der Waals surface area contributed by atoms with Gasteiger partial charge in [0, 0.05) is 36.9 Å². The third kappa shape index (κ3) is 4.94. The largest absolute Gasteiger partial charge is 0.398 e. The van der Waals surface area contributed by atoms with E-state index in [4.69, 9.17) is 10.5 Å². The van der Waals surface area contributed by atoms with Crippen LogP contribution in [-0.2, 0) is 9.53 Å². The Morgan fingerprint density at radius 3 is 2.70 bits per heavy atom. The molecule has 0 heterocycles. The molecular weight excluding hydrogens is 308 g/mol. The molecule has 0 spiro atoms. The Morgan fingerprint density at radius 2 is 2.04 bits per heavy atom. The van der Waals surface area contributed by atoms with E-state index in [1.165, 1.54) is 0 Å². The molecule has 1 atom stereocenters. The number of aliphatic imine (C=N–C) groups is 1. The zero-order valence-electron chi connectivity index (χ0n) is 13.0. The highest BCUT2D eigenvalue weighted by Crippen LogP contribution is 2.19. The van der Waals surface area contributed by atoms with Crippen LogP contribution in [0.5, 0.6) is 0 Å². The average molecular weight is 328 g/mol. The summed E-state index contributed by atoms with van der Waals surface area (Å²) in [5.41, 5.74) is 8.11. The number of ketones is 1. The molecule has 2 N–H and O–H groups in total. The Morgan fingerprint density at radius 1 is 1.30 bits per heavy atom. The molecule has 4 nitrogen and oxygen atoms in total. The molecular formula is C18H20N2O2S. The molecule has 0 aromatic heterocycles. The Hall–Kier alpha value is -2.11. The van der Waals surface area contributed by atoms with Gasteiger partial charge in [-0.2, -0.15) is 0 Å². The molecule has 120 valence electrons. The van der Waals surface area contributed by atoms with E-state index in [0.717, 1.165) is 11.1 Å². The number of nitrogens with two attached hydrogens (primary N) is 1. The van der Waals surface area contributed by atoms with Crippen LogP contribution >= 0.6 is 12.6 Å². The van der Waals surface area contributed by atoms with E-state index in [-0.39, 0.29) is 5.78 Å². The summed E-state index contributed by atoms with van der Waals surface area (Å²) >= 11 is 4.27. The van der Waals surface area contributed by atoms with Crippen LogP contribution in [0.1, 0.15) is 23.7 Å². The van der Waals surface area contributed by atoms with Crippen molar-refractivity contribution < 1.29 is 9.53 Å². The van der Waals surface area contributed by atoms with Crippen LogP contribution in [-0.4, -0.2) is 25.7 Å². The summed E-state index contributed by atoms with van der Waals surface area (Å²) in [4.78, 5) is 17.3. The van der Waals surface area contributed by atoms with Crippen molar-refractivity contribution >= 4 is 30.3 Å². The molecule has 0 bridgehead atoms. The summed E-state index contributed by atoms with van der Waals surface area (Å²) in [5, 5.41) is 0. The van der Waals surface area contributed by atoms with Crippen molar-refractivity contribution in [2.75, 3.05) is 19.4 Å². The molecule has 0 saturated heterocycles. The molecule has 2 aromatic carbocycles. The first-order valence-electron chi connectivity index (χ1n) is 7.30. The van der Waals surface area contributed by atoms with Crippen LogP contribution in [0.3, 0.4) is 0 Å². The van der Waals surface area contributed by atoms with Gasteiger partial charge in [0.15, 0.2) is 5.78 Å². The second-order valence-electron chi connectivity index (χ2n) is 5.10. The highest BCUT2D eigenvalue weighted by Gasteiger charge is 2.18. The Kier molecular flexibility index (Phi) is 6.38. The monoisotopic (exact) mass is 328 g/mol. The fourth-order valence-corrected chi connectivity index (χ4v) is 2.42. The normalized spacial score (nSPS) is 12.4. The van der Waals surface area contributed by atoms with Crippen LogP contribution in [0.2, 0.25) is 0 Å². The number of nitrogens with zero attached hydrogens (tertiary/aromatic N) is 1. The van der Waals surface area contributed by atoms with Gasteiger partial charge < -0.3 is 10.5 Å². The molecule has 0 radical (unpaired) electrons. The second-order valence-corrected chi connectivity index (χ2v) is 5.58. The van der Waals surface area contributed by atoms with Crippen molar-refractivity contribution in [1.29, 1.82) is 0 Å². The molecule has 2 rings (SSSR count). The average Bonchev–Trinajstić information content (AvgIpc) is 2.56. The number of carbonyl (C=O) groups is 1. The minimum absolute atomic E-state index is 0.0167. The van der Waals surface area contributed by atoms with Crippen molar-refractivity contribution in [1.82, 2.24) is 0 Å². The third-order valence-corrected chi connectivity index (χ3v) is 3.80. The van der Waals surface area contributed by atoms with Crippen LogP contribution in [0, 0.1) is 0 Å². The topological polar surface area (TPSA) is 64.7 Å². The van der Waals surface area contributed by atoms with Crippen molar-refractivity contribution in [3.05, 3.63) is 59.7 Å². The first-order chi connectivity index (χ1) is 11.1. The molecule has 0 amide bonds. The smallest absolute Gasteiger partial charge is 0.167 e. The van der Waals surface area contributed by atoms with Crippen molar-refractivity contribution in [3.8, 4) is 0 Å². The van der Waals surface area contributed by atoms with Gasteiger partial charge in [0.1, 0.15) is 6.10 Å². The third-order valence-electron chi connectivity index (χ3n) is 3.41. The Bertz CT molecular complexity index is 687. The van der Waals surface area contributed by atoms with E-state index >= 15 is 0 Å². The summed E-state index contributed by atoms with van der Waals surface area (Å²) in [6.45, 7) is 0.414. The number of Topliss-reactive ketones (excluding diaryl/α,β-unsaturated/α-hetero) is 1. The van der Waals surface area contributed by atoms with E-state index in [2.05, 4.69) is 17.6 Å². The zero-order chi connectivity index (χ0) is 16.7. The minimum atomic E-state index is -0.535. The number of methoxy groups -OCH3 is 1. The van der Waals surface area contributed by atoms with E-state index in [1.807, 2.05) is 42.5 Å². The molecule has 0 fully saturated rings. The molecule has 0 saturated carbocycles. The van der Waals surface area contributed by atoms with Gasteiger partial charge in [-0.1, -0.05) is 36.4 Å². The first-order valence-corrected chi connectivity index (χ1v) is 7.75. The molecule has 0 aliphatic rings. The Labute approximate surface area is 141 Å². The number of ether oxygens (including phenoxy) is 1. The van der Waals surface area contributed by atoms with Crippen LogP contribution < -0.4 is 5.73 Å². The van der Waals surface area contributed by atoms with Crippen molar-refractivity contribution in [2.24, 2.45) is 4.99 Å². The lowest BCUT2D eigenvalue weighted by atomic mass is 10.0. The predicted molar refractivity (Wildman–Crippen MR) is 96.4 cm³/mol. The minimum Gasteiger partial charge on any atom is -0.398 e. The van der Waals surface area contributed by atoms with Crippen LogP contribution in [0.15, 0.2) is 58.4 Å². The van der Waals surface area contributed by atoms with E-state index in [1.54, 1.807) is 19.4 Å². The van der Waals surface area contributed by atoms with Crippen LogP contribution in [0.25, 0.3) is 0 Å². The standard InChI is InChI=1S/C18H20N2O2S/c1-22-18(14-5-3-2-4-6-14)16(21)9-10-20-12-13-7-8-15(19)17(23)11-13/h2-8,11-12,18,23H,9-10,19H2,1H3/b20-12+. The van der Waals surface area contributed by atoms with Gasteiger partial charge >= 0.3 is 0 Å². The summed E-state index contributed by atoms with van der Waals surface area (Å²) in [5.74, 6) is 0.0167. The maximum Gasteiger partial charge on any atom is 0.167 e. The number of hydrogen-bond donors (Lipinski definition) is 2. The van der Waals surface area contributed by atoms with E-state index in [9.17, 15) is 4.79 Å². The van der Waals surface area contributed by atoms with Gasteiger partial charge in [-0.15, -0.1) is 12.6 Å². The van der Waals surface area contributed by atoms with Gasteiger partial charge in [0.05, 0.1) is 0 Å². The molecule has 5 heteroatoms. The number of benzene rings is 2. The summed E-state index contributed by atoms with van der Waals surface area (Å²) in [6.07, 6.45) is 1.51. The first kappa shape index (κ1) is 17.2. The fraction of sp³-hybridized carbons (Fsp3) is 0.222. The summed E-state index contributed by atoms with van der Waals surface area (Å²) in [7, 11) is 1.54. The maximum absolute atomic E-state index is 12.3. The number of rotatable bonds is 7. The Balaban J connectivity index is 1.90. The summed E-state index contributed by atoms with van der Waals surface area (Å²) in [6, 6.07) is 15.0. The maximum atomic E-state index is 12.3. The van der Waals surface area contributed by atoms with Crippen LogP contribution in [0.4, 0.5) is 5.69 Å². The highest BCUT2D eigenvalue weighted by molar-refractivity contribution is 7.80. The van der Waals surface area contributed by atoms with Crippen molar-refractivity contribution in [2.45, 2.75) is 17.4 Å². The van der Waals surface area contributed by atoms with E-state index < -0.39 is 6.10 Å². The molecule has 0 aliphatic carbocycles. The fourth-order valence-electron chi connectivity index (χ4n) is 2.20. The SMILES string of the molecule is COC(C(=O)CC/N=C/c1ccc(N)c(S)c1)c1ccccc1. The van der Waals surface area contributed by atoms with E-state index in [0.29, 0.717) is 23.5 Å². The summed E-state index contributed by atoms with van der Waals surface area (Å²) < 4.78 is 5.32. The number of nitrogen functional groups attached to an aromatic ring is 1. The molecule has 23 heavy (non-hydrogen) atoms. The van der Waals surface area contributed by atoms with Gasteiger partial charge in [-0.3, -0.25) is 9.79 Å². The lowest BCUT2D eigenvalue weighted by Crippen LogP contribution is -2.15.